The highest BCUT2D eigenvalue weighted by molar-refractivity contribution is 6.33. The molecular weight excluding hydrogens is 344 g/mol. The summed E-state index contributed by atoms with van der Waals surface area (Å²) in [5.74, 6) is 0.0779. The molecule has 4 aromatic carbocycles. The topological polar surface area (TPSA) is 34.1 Å². The molecule has 0 spiro atoms. The lowest BCUT2D eigenvalue weighted by atomic mass is 9.75. The van der Waals surface area contributed by atoms with Crippen LogP contribution in [-0.4, -0.2) is 11.6 Å². The second kappa shape index (κ2) is 5.05. The Morgan fingerprint density at radius 1 is 0.429 bits per heavy atom. The Balaban J connectivity index is 1.81. The van der Waals surface area contributed by atoms with E-state index in [2.05, 4.69) is 12.1 Å². The standard InChI is InChI=1S/C26H16O2/c1-13-3-5-15-17-7-8-18-16-6-4-14(2)12-22(16)26(28)20-10-9-19(23(17)24(18)20)25(27)21(15)11-13/h3-12H,1-2H3. The molecule has 28 heavy (non-hydrogen) atoms. The highest BCUT2D eigenvalue weighted by Crippen LogP contribution is 2.47. The summed E-state index contributed by atoms with van der Waals surface area (Å²) in [6.07, 6.45) is 0. The van der Waals surface area contributed by atoms with Crippen molar-refractivity contribution < 1.29 is 9.59 Å². The summed E-state index contributed by atoms with van der Waals surface area (Å²) >= 11 is 0. The van der Waals surface area contributed by atoms with Crippen LogP contribution in [0, 0.1) is 13.8 Å². The number of ketones is 2. The molecule has 0 heterocycles. The van der Waals surface area contributed by atoms with Crippen molar-refractivity contribution in [3.05, 3.63) is 94.0 Å². The van der Waals surface area contributed by atoms with Crippen LogP contribution in [0.25, 0.3) is 33.0 Å². The van der Waals surface area contributed by atoms with Crippen molar-refractivity contribution in [3.63, 3.8) is 0 Å². The minimum absolute atomic E-state index is 0.0389. The largest absolute Gasteiger partial charge is 0.289 e. The van der Waals surface area contributed by atoms with E-state index in [4.69, 9.17) is 0 Å². The molecule has 0 unspecified atom stereocenters. The van der Waals surface area contributed by atoms with E-state index in [0.717, 1.165) is 55.3 Å². The van der Waals surface area contributed by atoms with Gasteiger partial charge in [-0.2, -0.15) is 0 Å². The van der Waals surface area contributed by atoms with Gasteiger partial charge in [-0.05, 0) is 60.4 Å². The second-order valence-corrected chi connectivity index (χ2v) is 7.83. The van der Waals surface area contributed by atoms with E-state index in [9.17, 15) is 9.59 Å². The van der Waals surface area contributed by atoms with E-state index < -0.39 is 0 Å². The number of rotatable bonds is 0. The van der Waals surface area contributed by atoms with Gasteiger partial charge in [0, 0.05) is 33.0 Å². The molecular formula is C26H16O2. The van der Waals surface area contributed by atoms with E-state index in [1.807, 2.05) is 62.4 Å². The molecule has 2 nitrogen and oxygen atoms in total. The van der Waals surface area contributed by atoms with E-state index >= 15 is 0 Å². The van der Waals surface area contributed by atoms with Gasteiger partial charge in [0.25, 0.3) is 0 Å². The van der Waals surface area contributed by atoms with Crippen LogP contribution in [0.15, 0.2) is 60.7 Å². The maximum Gasteiger partial charge on any atom is 0.194 e. The third-order valence-corrected chi connectivity index (χ3v) is 6.07. The Labute approximate surface area is 162 Å². The van der Waals surface area contributed by atoms with Crippen molar-refractivity contribution in [3.8, 4) is 22.3 Å². The fourth-order valence-electron chi connectivity index (χ4n) is 4.77. The SMILES string of the molecule is Cc1ccc2c(c1)C(=O)c1ccc3c4c(ccc-2c14)-c1ccc(C)cc1C3=O. The molecule has 2 aliphatic carbocycles. The van der Waals surface area contributed by atoms with Crippen LogP contribution in [0.3, 0.4) is 0 Å². The van der Waals surface area contributed by atoms with Crippen molar-refractivity contribution >= 4 is 22.3 Å². The molecule has 0 bridgehead atoms. The third kappa shape index (κ3) is 1.77. The van der Waals surface area contributed by atoms with Gasteiger partial charge in [-0.3, -0.25) is 9.59 Å². The molecule has 0 radical (unpaired) electrons. The van der Waals surface area contributed by atoms with E-state index in [1.54, 1.807) is 0 Å². The minimum atomic E-state index is 0.0389. The van der Waals surface area contributed by atoms with Crippen molar-refractivity contribution in [1.82, 2.24) is 0 Å². The van der Waals surface area contributed by atoms with E-state index in [0.29, 0.717) is 11.1 Å². The number of carbonyl (C=O) groups excluding carboxylic acids is 2. The van der Waals surface area contributed by atoms with Crippen LogP contribution in [0.2, 0.25) is 0 Å². The first-order valence-electron chi connectivity index (χ1n) is 9.46. The summed E-state index contributed by atoms with van der Waals surface area (Å²) in [4.78, 5) is 26.5. The molecule has 0 N–H and O–H groups in total. The van der Waals surface area contributed by atoms with Gasteiger partial charge in [0.2, 0.25) is 0 Å². The first-order chi connectivity index (χ1) is 13.5. The van der Waals surface area contributed by atoms with Crippen molar-refractivity contribution in [1.29, 1.82) is 0 Å². The summed E-state index contributed by atoms with van der Waals surface area (Å²) < 4.78 is 0. The highest BCUT2D eigenvalue weighted by atomic mass is 16.1. The van der Waals surface area contributed by atoms with Gasteiger partial charge in [0.15, 0.2) is 11.6 Å². The average Bonchev–Trinajstić information content (AvgIpc) is 2.70. The molecule has 6 rings (SSSR count). The normalized spacial score (nSPS) is 13.5. The fraction of sp³-hybridized carbons (Fsp3) is 0.0769. The van der Waals surface area contributed by atoms with Gasteiger partial charge in [-0.1, -0.05) is 47.5 Å². The zero-order valence-electron chi connectivity index (χ0n) is 15.6. The number of carbonyl (C=O) groups is 2. The first-order valence-corrected chi connectivity index (χ1v) is 9.46. The van der Waals surface area contributed by atoms with Crippen LogP contribution < -0.4 is 0 Å². The quantitative estimate of drug-likeness (QED) is 0.339. The van der Waals surface area contributed by atoms with E-state index in [-0.39, 0.29) is 11.6 Å². The molecule has 0 fully saturated rings. The Bertz CT molecular complexity index is 1300. The monoisotopic (exact) mass is 360 g/mol. The highest BCUT2D eigenvalue weighted by Gasteiger charge is 2.32. The first kappa shape index (κ1) is 15.5. The maximum absolute atomic E-state index is 13.3. The fourth-order valence-corrected chi connectivity index (χ4v) is 4.77. The Kier molecular flexibility index (Phi) is 2.80. The van der Waals surface area contributed by atoms with E-state index in [1.165, 1.54) is 0 Å². The third-order valence-electron chi connectivity index (χ3n) is 6.07. The van der Waals surface area contributed by atoms with Gasteiger partial charge < -0.3 is 0 Å². The summed E-state index contributed by atoms with van der Waals surface area (Å²) in [6.45, 7) is 4.00. The number of hydrogen-bond donors (Lipinski definition) is 0. The molecule has 2 aliphatic rings. The minimum Gasteiger partial charge on any atom is -0.289 e. The zero-order valence-corrected chi connectivity index (χ0v) is 15.6. The van der Waals surface area contributed by atoms with Gasteiger partial charge in [0.1, 0.15) is 0 Å². The Hall–Kier alpha value is -3.52. The van der Waals surface area contributed by atoms with Gasteiger partial charge in [0.05, 0.1) is 0 Å². The smallest absolute Gasteiger partial charge is 0.194 e. The molecule has 0 aromatic heterocycles. The number of benzene rings is 4. The van der Waals surface area contributed by atoms with Gasteiger partial charge in [-0.25, -0.2) is 0 Å². The molecule has 0 amide bonds. The molecule has 132 valence electrons. The predicted octanol–water partition coefficient (Wildman–Crippen LogP) is 5.88. The summed E-state index contributed by atoms with van der Waals surface area (Å²) in [7, 11) is 0. The molecule has 2 heteroatoms. The lowest BCUT2D eigenvalue weighted by molar-refractivity contribution is 0.102. The number of fused-ring (bicyclic) bond motifs is 4. The number of hydrogen-bond acceptors (Lipinski definition) is 2. The summed E-state index contributed by atoms with van der Waals surface area (Å²) in [5, 5.41) is 1.83. The second-order valence-electron chi connectivity index (χ2n) is 7.83. The van der Waals surface area contributed by atoms with Crippen LogP contribution in [0.1, 0.15) is 43.0 Å². The molecule has 0 saturated carbocycles. The lowest BCUT2D eigenvalue weighted by Gasteiger charge is -2.26. The number of aryl methyl sites for hydroxylation is 2. The average molecular weight is 360 g/mol. The van der Waals surface area contributed by atoms with Gasteiger partial charge >= 0.3 is 0 Å². The summed E-state index contributed by atoms with van der Waals surface area (Å²) in [5.41, 5.74) is 8.99. The zero-order chi connectivity index (χ0) is 19.2. The van der Waals surface area contributed by atoms with Crippen LogP contribution in [0.5, 0.6) is 0 Å². The Morgan fingerprint density at radius 2 is 0.786 bits per heavy atom. The summed E-state index contributed by atoms with van der Waals surface area (Å²) in [6, 6.07) is 19.9. The van der Waals surface area contributed by atoms with Crippen molar-refractivity contribution in [2.45, 2.75) is 13.8 Å². The molecule has 0 saturated heterocycles. The van der Waals surface area contributed by atoms with Crippen molar-refractivity contribution in [2.24, 2.45) is 0 Å². The Morgan fingerprint density at radius 3 is 1.21 bits per heavy atom. The van der Waals surface area contributed by atoms with Gasteiger partial charge in [-0.15, -0.1) is 0 Å². The van der Waals surface area contributed by atoms with Crippen LogP contribution in [-0.2, 0) is 0 Å². The van der Waals surface area contributed by atoms with Crippen LogP contribution >= 0.6 is 0 Å². The molecule has 0 aliphatic heterocycles. The molecule has 4 aromatic rings. The van der Waals surface area contributed by atoms with Crippen molar-refractivity contribution in [2.75, 3.05) is 0 Å². The van der Waals surface area contributed by atoms with Crippen LogP contribution in [0.4, 0.5) is 0 Å². The lowest BCUT2D eigenvalue weighted by Crippen LogP contribution is -2.15. The molecule has 0 atom stereocenters. The predicted molar refractivity (Wildman–Crippen MR) is 111 cm³/mol. The maximum atomic E-state index is 13.3.